The summed E-state index contributed by atoms with van der Waals surface area (Å²) >= 11 is 5.98. The number of nitrogens with one attached hydrogen (secondary N) is 1. The quantitative estimate of drug-likeness (QED) is 0.857. The number of anilines is 1. The van der Waals surface area contributed by atoms with Crippen LogP contribution in [0, 0.1) is 41.9 Å². The van der Waals surface area contributed by atoms with Crippen LogP contribution in [0.1, 0.15) is 29.7 Å². The van der Waals surface area contributed by atoms with Crippen LogP contribution in [-0.2, 0) is 9.53 Å². The number of nitriles is 1. The Morgan fingerprint density at radius 1 is 1.25 bits per heavy atom. The van der Waals surface area contributed by atoms with Gasteiger partial charge in [-0.25, -0.2) is 0 Å². The highest BCUT2D eigenvalue weighted by Gasteiger charge is 2.72. The number of benzene rings is 1. The fourth-order valence-corrected chi connectivity index (χ4v) is 5.57. The maximum Gasteiger partial charge on any atom is 0.230 e. The standard InChI is InChI=1S/C22H20ClN3O2/c1-10-7-12(5-6-25-10)18-19(21-17-11(2)16(17)20(18)28-21)22(27)26-15-4-3-14(23)8-13(15)9-24/h3-8,11,16-21H,1-2H3,(H,26,27)/t11-,16?,17?,18-,19-,20+,21-/m1/s1. The lowest BCUT2D eigenvalue weighted by atomic mass is 9.75. The summed E-state index contributed by atoms with van der Waals surface area (Å²) in [5, 5.41) is 12.8. The fraction of sp³-hybridized carbons (Fsp3) is 0.409. The summed E-state index contributed by atoms with van der Waals surface area (Å²) in [6, 6.07) is 11.1. The van der Waals surface area contributed by atoms with Gasteiger partial charge < -0.3 is 10.1 Å². The number of ether oxygens (including phenoxy) is 1. The molecule has 0 spiro atoms. The summed E-state index contributed by atoms with van der Waals surface area (Å²) in [6.45, 7) is 4.21. The molecule has 142 valence electrons. The van der Waals surface area contributed by atoms with E-state index in [1.807, 2.05) is 13.0 Å². The third-order valence-corrected chi connectivity index (χ3v) is 6.89. The molecule has 1 aromatic heterocycles. The Balaban J connectivity index is 1.49. The third-order valence-electron chi connectivity index (χ3n) is 6.65. The van der Waals surface area contributed by atoms with Gasteiger partial charge in [-0.2, -0.15) is 5.26 Å². The highest BCUT2D eigenvalue weighted by Crippen LogP contribution is 2.68. The molecule has 5 nitrogen and oxygen atoms in total. The number of fused-ring (bicyclic) bond motifs is 5. The first-order valence-electron chi connectivity index (χ1n) is 9.58. The molecule has 3 aliphatic rings. The first kappa shape index (κ1) is 17.7. The van der Waals surface area contributed by atoms with Crippen LogP contribution in [0.25, 0.3) is 0 Å². The summed E-state index contributed by atoms with van der Waals surface area (Å²) in [5.74, 6) is 1.23. The lowest BCUT2D eigenvalue weighted by Crippen LogP contribution is -2.37. The Bertz CT molecular complexity index is 1020. The lowest BCUT2D eigenvalue weighted by molar-refractivity contribution is -0.122. The molecule has 2 bridgehead atoms. The Kier molecular flexibility index (Phi) is 3.97. The van der Waals surface area contributed by atoms with Gasteiger partial charge in [0, 0.05) is 22.8 Å². The van der Waals surface area contributed by atoms with E-state index >= 15 is 0 Å². The minimum absolute atomic E-state index is 0.00994. The van der Waals surface area contributed by atoms with Crippen LogP contribution in [0.5, 0.6) is 0 Å². The molecule has 2 aliphatic heterocycles. The molecule has 1 aliphatic carbocycles. The molecule has 28 heavy (non-hydrogen) atoms. The number of hydrogen-bond donors (Lipinski definition) is 1. The summed E-state index contributed by atoms with van der Waals surface area (Å²) in [7, 11) is 0. The van der Waals surface area contributed by atoms with Crippen molar-refractivity contribution >= 4 is 23.2 Å². The first-order valence-corrected chi connectivity index (χ1v) is 9.96. The van der Waals surface area contributed by atoms with Crippen LogP contribution in [0.3, 0.4) is 0 Å². The Hall–Kier alpha value is -2.42. The van der Waals surface area contributed by atoms with E-state index in [0.717, 1.165) is 11.3 Å². The van der Waals surface area contributed by atoms with Gasteiger partial charge in [0.05, 0.1) is 29.4 Å². The minimum atomic E-state index is -0.278. The van der Waals surface area contributed by atoms with Crippen molar-refractivity contribution in [2.45, 2.75) is 32.0 Å². The first-order chi connectivity index (χ1) is 13.5. The molecule has 5 rings (SSSR count). The van der Waals surface area contributed by atoms with E-state index in [2.05, 4.69) is 29.4 Å². The maximum atomic E-state index is 13.3. The zero-order valence-electron chi connectivity index (χ0n) is 15.6. The van der Waals surface area contributed by atoms with Crippen molar-refractivity contribution in [3.63, 3.8) is 0 Å². The number of rotatable bonds is 3. The molecule has 1 saturated carbocycles. The highest BCUT2D eigenvalue weighted by atomic mass is 35.5. The van der Waals surface area contributed by atoms with Gasteiger partial charge in [-0.05, 0) is 60.6 Å². The molecule has 6 heteroatoms. The number of halogens is 1. The largest absolute Gasteiger partial charge is 0.373 e. The second kappa shape index (κ2) is 6.30. The summed E-state index contributed by atoms with van der Waals surface area (Å²) in [5.41, 5.74) is 2.89. The Morgan fingerprint density at radius 3 is 2.79 bits per heavy atom. The minimum Gasteiger partial charge on any atom is -0.373 e. The molecule has 2 unspecified atom stereocenters. The average molecular weight is 394 g/mol. The van der Waals surface area contributed by atoms with E-state index < -0.39 is 0 Å². The van der Waals surface area contributed by atoms with E-state index in [0.29, 0.717) is 34.0 Å². The second-order valence-electron chi connectivity index (χ2n) is 8.15. The summed E-state index contributed by atoms with van der Waals surface area (Å²) < 4.78 is 6.29. The predicted octanol–water partition coefficient (Wildman–Crippen LogP) is 3.92. The van der Waals surface area contributed by atoms with Gasteiger partial charge in [0.25, 0.3) is 0 Å². The van der Waals surface area contributed by atoms with Crippen molar-refractivity contribution in [1.82, 2.24) is 4.98 Å². The molecule has 0 radical (unpaired) electrons. The van der Waals surface area contributed by atoms with Gasteiger partial charge in [-0.3, -0.25) is 9.78 Å². The van der Waals surface area contributed by atoms with Crippen LogP contribution in [0.15, 0.2) is 36.5 Å². The van der Waals surface area contributed by atoms with Gasteiger partial charge in [-0.1, -0.05) is 18.5 Å². The van der Waals surface area contributed by atoms with Gasteiger partial charge >= 0.3 is 0 Å². The van der Waals surface area contributed by atoms with E-state index in [4.69, 9.17) is 16.3 Å². The number of aryl methyl sites for hydroxylation is 1. The molecule has 1 N–H and O–H groups in total. The van der Waals surface area contributed by atoms with Crippen molar-refractivity contribution < 1.29 is 9.53 Å². The number of aromatic nitrogens is 1. The van der Waals surface area contributed by atoms with Crippen LogP contribution >= 0.6 is 11.6 Å². The van der Waals surface area contributed by atoms with Crippen molar-refractivity contribution in [3.05, 3.63) is 58.4 Å². The number of nitrogens with zero attached hydrogens (tertiary/aromatic N) is 2. The number of hydrogen-bond acceptors (Lipinski definition) is 4. The van der Waals surface area contributed by atoms with Crippen molar-refractivity contribution in [2.75, 3.05) is 5.32 Å². The normalized spacial score (nSPS) is 34.6. The fourth-order valence-electron chi connectivity index (χ4n) is 5.40. The molecule has 1 amide bonds. The van der Waals surface area contributed by atoms with Crippen LogP contribution in [0.2, 0.25) is 5.02 Å². The number of carbonyl (C=O) groups is 1. The SMILES string of the molecule is Cc1cc([C@@H]2[C@@H](C(=O)Nc3ccc(Cl)cc3C#N)[C@@H]3O[C@H]2C2C3[C@@H]2C)ccn1. The molecule has 3 heterocycles. The van der Waals surface area contributed by atoms with Crippen LogP contribution in [-0.4, -0.2) is 23.1 Å². The average Bonchev–Trinajstić information content (AvgIpc) is 3.04. The zero-order valence-corrected chi connectivity index (χ0v) is 16.4. The predicted molar refractivity (Wildman–Crippen MR) is 105 cm³/mol. The highest BCUT2D eigenvalue weighted by molar-refractivity contribution is 6.30. The van der Waals surface area contributed by atoms with Crippen molar-refractivity contribution in [2.24, 2.45) is 23.7 Å². The lowest BCUT2D eigenvalue weighted by Gasteiger charge is -2.27. The molecule has 2 aromatic rings. The summed E-state index contributed by atoms with van der Waals surface area (Å²) in [6.07, 6.45) is 1.80. The topological polar surface area (TPSA) is 75.0 Å². The molecule has 7 atom stereocenters. The second-order valence-corrected chi connectivity index (χ2v) is 8.59. The summed E-state index contributed by atoms with van der Waals surface area (Å²) in [4.78, 5) is 17.6. The van der Waals surface area contributed by atoms with Gasteiger partial charge in [0.1, 0.15) is 6.07 Å². The van der Waals surface area contributed by atoms with E-state index in [9.17, 15) is 10.1 Å². The van der Waals surface area contributed by atoms with Gasteiger partial charge in [0.15, 0.2) is 0 Å². The Morgan fingerprint density at radius 2 is 2.04 bits per heavy atom. The van der Waals surface area contributed by atoms with Gasteiger partial charge in [0.2, 0.25) is 5.91 Å². The zero-order chi connectivity index (χ0) is 19.6. The van der Waals surface area contributed by atoms with Gasteiger partial charge in [-0.15, -0.1) is 0 Å². The molecule has 1 aromatic carbocycles. The smallest absolute Gasteiger partial charge is 0.230 e. The molecule has 3 fully saturated rings. The van der Waals surface area contributed by atoms with E-state index in [1.54, 1.807) is 24.4 Å². The molecular formula is C22H20ClN3O2. The molecular weight excluding hydrogens is 374 g/mol. The Labute approximate surface area is 168 Å². The van der Waals surface area contributed by atoms with Crippen molar-refractivity contribution in [3.8, 4) is 6.07 Å². The third kappa shape index (κ3) is 2.56. The molecule has 2 saturated heterocycles. The van der Waals surface area contributed by atoms with E-state index in [1.165, 1.54) is 0 Å². The maximum absolute atomic E-state index is 13.3. The number of amides is 1. The van der Waals surface area contributed by atoms with Crippen LogP contribution in [0.4, 0.5) is 5.69 Å². The number of carbonyl (C=O) groups excluding carboxylic acids is 1. The monoisotopic (exact) mass is 393 g/mol. The van der Waals surface area contributed by atoms with Crippen LogP contribution < -0.4 is 5.32 Å². The van der Waals surface area contributed by atoms with E-state index in [-0.39, 0.29) is 30.0 Å². The number of pyridine rings is 1. The van der Waals surface area contributed by atoms with Crippen molar-refractivity contribution in [1.29, 1.82) is 5.26 Å².